The summed E-state index contributed by atoms with van der Waals surface area (Å²) in [5.74, 6) is 0.844. The van der Waals surface area contributed by atoms with Crippen LogP contribution in [0.5, 0.6) is 0 Å². The van der Waals surface area contributed by atoms with Crippen LogP contribution in [0, 0.1) is 5.92 Å². The zero-order valence-electron chi connectivity index (χ0n) is 11.0. The Morgan fingerprint density at radius 1 is 1.44 bits per heavy atom. The monoisotopic (exact) mass is 246 g/mol. The van der Waals surface area contributed by atoms with Gasteiger partial charge in [0.2, 0.25) is 5.91 Å². The van der Waals surface area contributed by atoms with Crippen molar-refractivity contribution in [1.82, 2.24) is 5.32 Å². The van der Waals surface area contributed by atoms with Gasteiger partial charge >= 0.3 is 0 Å². The molecule has 1 amide bonds. The van der Waals surface area contributed by atoms with Crippen LogP contribution in [0.25, 0.3) is 0 Å². The Bertz CT molecular complexity index is 417. The summed E-state index contributed by atoms with van der Waals surface area (Å²) in [6.45, 7) is 2.26. The molecule has 1 saturated carbocycles. The number of anilines is 1. The Kier molecular flexibility index (Phi) is 4.24. The van der Waals surface area contributed by atoms with Gasteiger partial charge in [-0.3, -0.25) is 4.79 Å². The third-order valence-electron chi connectivity index (χ3n) is 3.62. The van der Waals surface area contributed by atoms with E-state index in [9.17, 15) is 4.79 Å². The number of nitrogens with one attached hydrogen (secondary N) is 1. The van der Waals surface area contributed by atoms with E-state index in [0.29, 0.717) is 18.2 Å². The fourth-order valence-corrected chi connectivity index (χ4v) is 2.73. The van der Waals surface area contributed by atoms with Crippen molar-refractivity contribution in [2.75, 3.05) is 5.73 Å². The Morgan fingerprint density at radius 2 is 2.28 bits per heavy atom. The van der Waals surface area contributed by atoms with E-state index in [1.165, 1.54) is 12.8 Å². The first-order valence-electron chi connectivity index (χ1n) is 6.77. The molecule has 3 heteroatoms. The first kappa shape index (κ1) is 12.9. The summed E-state index contributed by atoms with van der Waals surface area (Å²) < 4.78 is 0. The zero-order valence-corrected chi connectivity index (χ0v) is 11.0. The van der Waals surface area contributed by atoms with Crippen LogP contribution in [-0.2, 0) is 11.2 Å². The number of hydrogen-bond donors (Lipinski definition) is 2. The lowest BCUT2D eigenvalue weighted by molar-refractivity contribution is -0.121. The third-order valence-corrected chi connectivity index (χ3v) is 3.62. The van der Waals surface area contributed by atoms with Gasteiger partial charge in [-0.05, 0) is 36.5 Å². The van der Waals surface area contributed by atoms with Crippen molar-refractivity contribution in [1.29, 1.82) is 0 Å². The van der Waals surface area contributed by atoms with Gasteiger partial charge in [0.05, 0.1) is 6.42 Å². The first-order chi connectivity index (χ1) is 8.63. The van der Waals surface area contributed by atoms with Gasteiger partial charge in [-0.1, -0.05) is 31.9 Å². The molecule has 0 saturated heterocycles. The number of amides is 1. The van der Waals surface area contributed by atoms with E-state index in [-0.39, 0.29) is 5.91 Å². The number of hydrogen-bond acceptors (Lipinski definition) is 2. The van der Waals surface area contributed by atoms with E-state index in [0.717, 1.165) is 24.3 Å². The van der Waals surface area contributed by atoms with Crippen molar-refractivity contribution in [2.45, 2.75) is 45.1 Å². The van der Waals surface area contributed by atoms with Crippen LogP contribution < -0.4 is 11.1 Å². The topological polar surface area (TPSA) is 55.1 Å². The standard InChI is InChI=1S/C15H22N2O/c1-11-4-2-7-14(8-11)17-15(18)10-12-5-3-6-13(16)9-12/h3,5-6,9,11,14H,2,4,7-8,10,16H2,1H3,(H,17,18). The Balaban J connectivity index is 1.85. The predicted molar refractivity (Wildman–Crippen MR) is 74.1 cm³/mol. The molecule has 1 aromatic rings. The molecule has 1 aliphatic carbocycles. The average Bonchev–Trinajstić information content (AvgIpc) is 2.28. The number of nitrogen functional groups attached to an aromatic ring is 1. The highest BCUT2D eigenvalue weighted by molar-refractivity contribution is 5.79. The average molecular weight is 246 g/mol. The van der Waals surface area contributed by atoms with Gasteiger partial charge in [0.25, 0.3) is 0 Å². The van der Waals surface area contributed by atoms with Crippen LogP contribution in [-0.4, -0.2) is 11.9 Å². The molecular weight excluding hydrogens is 224 g/mol. The predicted octanol–water partition coefficient (Wildman–Crippen LogP) is 2.51. The molecule has 0 heterocycles. The minimum absolute atomic E-state index is 0.111. The number of benzene rings is 1. The van der Waals surface area contributed by atoms with Crippen molar-refractivity contribution in [3.63, 3.8) is 0 Å². The summed E-state index contributed by atoms with van der Waals surface area (Å²) in [6.07, 6.45) is 5.18. The second kappa shape index (κ2) is 5.89. The minimum atomic E-state index is 0.111. The van der Waals surface area contributed by atoms with Crippen LogP contribution >= 0.6 is 0 Å². The number of carbonyl (C=O) groups is 1. The Morgan fingerprint density at radius 3 is 3.00 bits per heavy atom. The Labute approximate surface area is 109 Å². The lowest BCUT2D eigenvalue weighted by Gasteiger charge is -2.27. The summed E-state index contributed by atoms with van der Waals surface area (Å²) in [4.78, 5) is 11.9. The van der Waals surface area contributed by atoms with Crippen molar-refractivity contribution >= 4 is 11.6 Å². The van der Waals surface area contributed by atoms with Crippen LogP contribution in [0.4, 0.5) is 5.69 Å². The highest BCUT2D eigenvalue weighted by Gasteiger charge is 2.20. The molecule has 2 rings (SSSR count). The summed E-state index contributed by atoms with van der Waals surface area (Å²) >= 11 is 0. The molecule has 1 aliphatic rings. The Hall–Kier alpha value is -1.51. The van der Waals surface area contributed by atoms with Gasteiger partial charge < -0.3 is 11.1 Å². The molecule has 0 bridgehead atoms. The quantitative estimate of drug-likeness (QED) is 0.805. The van der Waals surface area contributed by atoms with Gasteiger partial charge in [0, 0.05) is 11.7 Å². The molecule has 0 radical (unpaired) electrons. The van der Waals surface area contributed by atoms with Crippen molar-refractivity contribution in [2.24, 2.45) is 5.92 Å². The van der Waals surface area contributed by atoms with Gasteiger partial charge in [0.1, 0.15) is 0 Å². The number of nitrogens with two attached hydrogens (primary N) is 1. The van der Waals surface area contributed by atoms with Gasteiger partial charge in [-0.2, -0.15) is 0 Å². The molecule has 1 fully saturated rings. The normalized spacial score (nSPS) is 23.6. The van der Waals surface area contributed by atoms with Gasteiger partial charge in [-0.25, -0.2) is 0 Å². The molecule has 3 nitrogen and oxygen atoms in total. The molecule has 98 valence electrons. The van der Waals surface area contributed by atoms with Crippen LogP contribution in [0.15, 0.2) is 24.3 Å². The van der Waals surface area contributed by atoms with E-state index in [2.05, 4.69) is 12.2 Å². The van der Waals surface area contributed by atoms with Crippen molar-refractivity contribution in [3.05, 3.63) is 29.8 Å². The fraction of sp³-hybridized carbons (Fsp3) is 0.533. The highest BCUT2D eigenvalue weighted by atomic mass is 16.1. The van der Waals surface area contributed by atoms with E-state index in [1.54, 1.807) is 0 Å². The smallest absolute Gasteiger partial charge is 0.224 e. The van der Waals surface area contributed by atoms with Crippen molar-refractivity contribution in [3.8, 4) is 0 Å². The van der Waals surface area contributed by atoms with E-state index in [4.69, 9.17) is 5.73 Å². The van der Waals surface area contributed by atoms with Crippen molar-refractivity contribution < 1.29 is 4.79 Å². The summed E-state index contributed by atoms with van der Waals surface area (Å²) in [5.41, 5.74) is 7.40. The molecule has 0 spiro atoms. The highest BCUT2D eigenvalue weighted by Crippen LogP contribution is 2.23. The lowest BCUT2D eigenvalue weighted by Crippen LogP contribution is -2.38. The second-order valence-electron chi connectivity index (χ2n) is 5.46. The molecule has 0 aromatic heterocycles. The molecule has 0 aliphatic heterocycles. The van der Waals surface area contributed by atoms with Crippen LogP contribution in [0.3, 0.4) is 0 Å². The molecule has 3 N–H and O–H groups in total. The van der Waals surface area contributed by atoms with E-state index in [1.807, 2.05) is 24.3 Å². The summed E-state index contributed by atoms with van der Waals surface area (Å²) in [7, 11) is 0. The molecular formula is C15H22N2O. The van der Waals surface area contributed by atoms with Crippen LogP contribution in [0.2, 0.25) is 0 Å². The van der Waals surface area contributed by atoms with Gasteiger partial charge in [-0.15, -0.1) is 0 Å². The van der Waals surface area contributed by atoms with E-state index >= 15 is 0 Å². The second-order valence-corrected chi connectivity index (χ2v) is 5.46. The minimum Gasteiger partial charge on any atom is -0.399 e. The van der Waals surface area contributed by atoms with E-state index < -0.39 is 0 Å². The van der Waals surface area contributed by atoms with Crippen LogP contribution in [0.1, 0.15) is 38.2 Å². The summed E-state index contributed by atoms with van der Waals surface area (Å²) in [6, 6.07) is 7.90. The number of carbonyl (C=O) groups excluding carboxylic acids is 1. The zero-order chi connectivity index (χ0) is 13.0. The first-order valence-corrected chi connectivity index (χ1v) is 6.77. The fourth-order valence-electron chi connectivity index (χ4n) is 2.73. The largest absolute Gasteiger partial charge is 0.399 e. The summed E-state index contributed by atoms with van der Waals surface area (Å²) in [5, 5.41) is 3.14. The maximum atomic E-state index is 11.9. The van der Waals surface area contributed by atoms with Gasteiger partial charge in [0.15, 0.2) is 0 Å². The lowest BCUT2D eigenvalue weighted by atomic mass is 9.87. The third kappa shape index (κ3) is 3.76. The molecule has 2 atom stereocenters. The SMILES string of the molecule is CC1CCCC(NC(=O)Cc2cccc(N)c2)C1. The maximum Gasteiger partial charge on any atom is 0.224 e. The molecule has 18 heavy (non-hydrogen) atoms. The maximum absolute atomic E-state index is 11.9. The molecule has 2 unspecified atom stereocenters. The number of rotatable bonds is 3. The molecule has 1 aromatic carbocycles.